The monoisotopic (exact) mass is 264 g/mol. The van der Waals surface area contributed by atoms with Crippen molar-refractivity contribution >= 4 is 27.7 Å². The van der Waals surface area contributed by atoms with Crippen LogP contribution in [0.3, 0.4) is 0 Å². The molecule has 82 valence electrons. The molecule has 1 atom stereocenters. The number of halogens is 1. The molecule has 0 heterocycles. The molecular weight excluding hydrogens is 248 g/mol. The van der Waals surface area contributed by atoms with Gasteiger partial charge in [-0.2, -0.15) is 0 Å². The van der Waals surface area contributed by atoms with Crippen LogP contribution < -0.4 is 5.32 Å². The van der Waals surface area contributed by atoms with Crippen LogP contribution in [0.5, 0.6) is 0 Å². The zero-order chi connectivity index (χ0) is 11.1. The molecule has 0 bridgehead atoms. The van der Waals surface area contributed by atoms with E-state index in [0.29, 0.717) is 18.3 Å². The molecule has 0 aromatic heterocycles. The SMILES string of the molecule is CCN(C)C(=O)C(C)NC(=O)CCBr. The molecule has 4 nitrogen and oxygen atoms in total. The number of rotatable bonds is 5. The summed E-state index contributed by atoms with van der Waals surface area (Å²) in [5.74, 6) is -0.164. The Hall–Kier alpha value is -0.580. The fourth-order valence-electron chi connectivity index (χ4n) is 0.948. The number of hydrogen-bond donors (Lipinski definition) is 1. The maximum absolute atomic E-state index is 11.5. The topological polar surface area (TPSA) is 49.4 Å². The van der Waals surface area contributed by atoms with E-state index in [0.717, 1.165) is 0 Å². The smallest absolute Gasteiger partial charge is 0.244 e. The van der Waals surface area contributed by atoms with Crippen LogP contribution in [0.1, 0.15) is 20.3 Å². The molecule has 0 aliphatic heterocycles. The summed E-state index contributed by atoms with van der Waals surface area (Å²) in [5, 5.41) is 3.25. The van der Waals surface area contributed by atoms with Crippen LogP contribution in [0.15, 0.2) is 0 Å². The van der Waals surface area contributed by atoms with Gasteiger partial charge in [-0.3, -0.25) is 9.59 Å². The summed E-state index contributed by atoms with van der Waals surface area (Å²) < 4.78 is 0. The number of nitrogens with one attached hydrogen (secondary N) is 1. The number of amides is 2. The van der Waals surface area contributed by atoms with E-state index >= 15 is 0 Å². The first-order valence-corrected chi connectivity index (χ1v) is 5.75. The second-order valence-corrected chi connectivity index (χ2v) is 3.87. The molecule has 0 radical (unpaired) electrons. The van der Waals surface area contributed by atoms with Gasteiger partial charge in [0.05, 0.1) is 0 Å². The molecule has 0 saturated carbocycles. The lowest BCUT2D eigenvalue weighted by Crippen LogP contribution is -2.45. The van der Waals surface area contributed by atoms with Crippen LogP contribution in [-0.2, 0) is 9.59 Å². The number of alkyl halides is 1. The maximum atomic E-state index is 11.5. The third-order valence-electron chi connectivity index (χ3n) is 1.92. The van der Waals surface area contributed by atoms with Crippen LogP contribution in [0.4, 0.5) is 0 Å². The quantitative estimate of drug-likeness (QED) is 0.746. The van der Waals surface area contributed by atoms with Gasteiger partial charge in [0.1, 0.15) is 6.04 Å². The Kier molecular flexibility index (Phi) is 6.53. The second kappa shape index (κ2) is 6.81. The summed E-state index contributed by atoms with van der Waals surface area (Å²) in [6.45, 7) is 4.24. The van der Waals surface area contributed by atoms with Crippen molar-refractivity contribution in [1.82, 2.24) is 10.2 Å². The van der Waals surface area contributed by atoms with Crippen molar-refractivity contribution in [2.45, 2.75) is 26.3 Å². The number of carbonyl (C=O) groups is 2. The first-order chi connectivity index (χ1) is 6.52. The molecule has 0 fully saturated rings. The van der Waals surface area contributed by atoms with Gasteiger partial charge in [-0.1, -0.05) is 15.9 Å². The van der Waals surface area contributed by atoms with Gasteiger partial charge >= 0.3 is 0 Å². The maximum Gasteiger partial charge on any atom is 0.244 e. The summed E-state index contributed by atoms with van der Waals surface area (Å²) in [5.41, 5.74) is 0. The van der Waals surface area contributed by atoms with Crippen LogP contribution in [0, 0.1) is 0 Å². The molecule has 1 unspecified atom stereocenters. The van der Waals surface area contributed by atoms with Crippen LogP contribution in [-0.4, -0.2) is 41.7 Å². The standard InChI is InChI=1S/C9H17BrN2O2/c1-4-12(3)9(14)7(2)11-8(13)5-6-10/h7H,4-6H2,1-3H3,(H,11,13). The van der Waals surface area contributed by atoms with Gasteiger partial charge in [0, 0.05) is 25.3 Å². The minimum absolute atomic E-state index is 0.0598. The molecule has 0 aromatic carbocycles. The van der Waals surface area contributed by atoms with E-state index in [1.807, 2.05) is 6.92 Å². The summed E-state index contributed by atoms with van der Waals surface area (Å²) >= 11 is 3.16. The molecule has 0 spiro atoms. The molecule has 1 N–H and O–H groups in total. The first kappa shape index (κ1) is 13.4. The molecule has 0 aliphatic carbocycles. The molecule has 0 aromatic rings. The van der Waals surface area contributed by atoms with Gasteiger partial charge in [-0.15, -0.1) is 0 Å². The highest BCUT2D eigenvalue weighted by molar-refractivity contribution is 9.09. The molecule has 0 rings (SSSR count). The molecule has 0 saturated heterocycles. The van der Waals surface area contributed by atoms with Crippen molar-refractivity contribution in [3.05, 3.63) is 0 Å². The highest BCUT2D eigenvalue weighted by Gasteiger charge is 2.17. The Morgan fingerprint density at radius 3 is 2.50 bits per heavy atom. The van der Waals surface area contributed by atoms with Crippen molar-refractivity contribution in [1.29, 1.82) is 0 Å². The van der Waals surface area contributed by atoms with E-state index in [-0.39, 0.29) is 11.8 Å². The van der Waals surface area contributed by atoms with E-state index in [9.17, 15) is 9.59 Å². The van der Waals surface area contributed by atoms with Crippen LogP contribution in [0.25, 0.3) is 0 Å². The Labute approximate surface area is 93.2 Å². The Balaban J connectivity index is 4.01. The lowest BCUT2D eigenvalue weighted by Gasteiger charge is -2.20. The average Bonchev–Trinajstić information content (AvgIpc) is 2.15. The number of carbonyl (C=O) groups excluding carboxylic acids is 2. The van der Waals surface area contributed by atoms with Gasteiger partial charge in [0.25, 0.3) is 0 Å². The van der Waals surface area contributed by atoms with E-state index < -0.39 is 6.04 Å². The number of nitrogens with zero attached hydrogens (tertiary/aromatic N) is 1. The van der Waals surface area contributed by atoms with Crippen molar-refractivity contribution < 1.29 is 9.59 Å². The van der Waals surface area contributed by atoms with Crippen molar-refractivity contribution in [2.75, 3.05) is 18.9 Å². The van der Waals surface area contributed by atoms with Crippen molar-refractivity contribution in [2.24, 2.45) is 0 Å². The predicted molar refractivity (Wildman–Crippen MR) is 59.3 cm³/mol. The Morgan fingerprint density at radius 2 is 2.07 bits per heavy atom. The van der Waals surface area contributed by atoms with Crippen LogP contribution in [0.2, 0.25) is 0 Å². The Bertz CT molecular complexity index is 209. The van der Waals surface area contributed by atoms with Gasteiger partial charge in [-0.05, 0) is 13.8 Å². The summed E-state index contributed by atoms with van der Waals surface area (Å²) in [7, 11) is 1.72. The van der Waals surface area contributed by atoms with Gasteiger partial charge in [0.2, 0.25) is 11.8 Å². The predicted octanol–water partition coefficient (Wildman–Crippen LogP) is 0.754. The summed E-state index contributed by atoms with van der Waals surface area (Å²) in [6.07, 6.45) is 0.396. The highest BCUT2D eigenvalue weighted by Crippen LogP contribution is 1.94. The second-order valence-electron chi connectivity index (χ2n) is 3.08. The number of hydrogen-bond acceptors (Lipinski definition) is 2. The Morgan fingerprint density at radius 1 is 1.50 bits per heavy atom. The summed E-state index contributed by atoms with van der Waals surface area (Å²) in [4.78, 5) is 24.3. The zero-order valence-electron chi connectivity index (χ0n) is 8.84. The van der Waals surface area contributed by atoms with Gasteiger partial charge in [0.15, 0.2) is 0 Å². The molecule has 5 heteroatoms. The molecule has 2 amide bonds. The lowest BCUT2D eigenvalue weighted by atomic mass is 10.3. The van der Waals surface area contributed by atoms with E-state index in [2.05, 4.69) is 21.2 Å². The lowest BCUT2D eigenvalue weighted by molar-refractivity contribution is -0.134. The van der Waals surface area contributed by atoms with Crippen molar-refractivity contribution in [3.63, 3.8) is 0 Å². The van der Waals surface area contributed by atoms with E-state index in [1.54, 1.807) is 18.9 Å². The molecule has 0 aliphatic rings. The third-order valence-corrected chi connectivity index (χ3v) is 2.32. The van der Waals surface area contributed by atoms with E-state index in [1.165, 1.54) is 0 Å². The number of likely N-dealkylation sites (N-methyl/N-ethyl adjacent to an activating group) is 1. The van der Waals surface area contributed by atoms with E-state index in [4.69, 9.17) is 0 Å². The normalized spacial score (nSPS) is 12.0. The highest BCUT2D eigenvalue weighted by atomic mass is 79.9. The van der Waals surface area contributed by atoms with Gasteiger partial charge in [-0.25, -0.2) is 0 Å². The fourth-order valence-corrected chi connectivity index (χ4v) is 1.31. The largest absolute Gasteiger partial charge is 0.345 e. The minimum atomic E-state index is -0.438. The van der Waals surface area contributed by atoms with Crippen molar-refractivity contribution in [3.8, 4) is 0 Å². The summed E-state index contributed by atoms with van der Waals surface area (Å²) in [6, 6.07) is -0.438. The fraction of sp³-hybridized carbons (Fsp3) is 0.778. The average molecular weight is 265 g/mol. The third kappa shape index (κ3) is 4.60. The van der Waals surface area contributed by atoms with Gasteiger partial charge < -0.3 is 10.2 Å². The van der Waals surface area contributed by atoms with Crippen LogP contribution >= 0.6 is 15.9 Å². The minimum Gasteiger partial charge on any atom is -0.345 e. The first-order valence-electron chi connectivity index (χ1n) is 4.63. The molecule has 14 heavy (non-hydrogen) atoms. The molecular formula is C9H17BrN2O2. The zero-order valence-corrected chi connectivity index (χ0v) is 10.4.